The molecule has 0 radical (unpaired) electrons. The van der Waals surface area contributed by atoms with Crippen LogP contribution in [0.4, 0.5) is 5.69 Å². The Balaban J connectivity index is 1.25. The van der Waals surface area contributed by atoms with E-state index in [9.17, 15) is 14.7 Å². The molecule has 0 spiro atoms. The molecule has 6 rings (SSSR count). The third-order valence-electron chi connectivity index (χ3n) is 6.89. The molecule has 38 heavy (non-hydrogen) atoms. The quantitative estimate of drug-likeness (QED) is 0.409. The number of aromatic carboxylic acids is 1. The second-order valence-electron chi connectivity index (χ2n) is 9.40. The summed E-state index contributed by atoms with van der Waals surface area (Å²) in [6.07, 6.45) is 1.91. The van der Waals surface area contributed by atoms with Gasteiger partial charge in [-0.15, -0.1) is 5.10 Å². The van der Waals surface area contributed by atoms with Gasteiger partial charge < -0.3 is 14.7 Å². The van der Waals surface area contributed by atoms with Crippen LogP contribution in [0.25, 0.3) is 0 Å². The Bertz CT molecular complexity index is 1500. The summed E-state index contributed by atoms with van der Waals surface area (Å²) in [6, 6.07) is 14.5. The highest BCUT2D eigenvalue weighted by molar-refractivity contribution is 5.98. The maximum atomic E-state index is 13.7. The molecule has 4 aromatic rings. The van der Waals surface area contributed by atoms with Crippen LogP contribution in [0.2, 0.25) is 0 Å². The fraction of sp³-hybridized carbons (Fsp3) is 0.308. The first-order valence-electron chi connectivity index (χ1n) is 12.3. The smallest absolute Gasteiger partial charge is 0.375 e. The molecule has 2 aliphatic rings. The number of likely N-dealkylation sites (N-methyl/N-ethyl adjacent to an activating group) is 1. The molecule has 0 fully saturated rings. The van der Waals surface area contributed by atoms with E-state index >= 15 is 0 Å². The van der Waals surface area contributed by atoms with Gasteiger partial charge in [0.2, 0.25) is 0 Å². The zero-order valence-electron chi connectivity index (χ0n) is 20.8. The van der Waals surface area contributed by atoms with Crippen LogP contribution < -0.4 is 9.64 Å². The minimum atomic E-state index is -1.25. The molecule has 0 saturated carbocycles. The second kappa shape index (κ2) is 9.71. The van der Waals surface area contributed by atoms with Gasteiger partial charge in [0.1, 0.15) is 30.3 Å². The first kappa shape index (κ1) is 23.8. The fourth-order valence-electron chi connectivity index (χ4n) is 4.90. The molecular weight excluding hydrogens is 488 g/mol. The van der Waals surface area contributed by atoms with Gasteiger partial charge in [0.15, 0.2) is 6.04 Å². The predicted molar refractivity (Wildman–Crippen MR) is 135 cm³/mol. The normalized spacial score (nSPS) is 17.4. The number of aromatic nitrogens is 6. The Morgan fingerprint density at radius 3 is 2.79 bits per heavy atom. The Kier molecular flexibility index (Phi) is 6.08. The Morgan fingerprint density at radius 2 is 1.97 bits per heavy atom. The van der Waals surface area contributed by atoms with Crippen LogP contribution in [0.1, 0.15) is 39.4 Å². The van der Waals surface area contributed by atoms with Crippen molar-refractivity contribution in [3.63, 3.8) is 0 Å². The maximum Gasteiger partial charge on any atom is 0.375 e. The molecule has 12 nitrogen and oxygen atoms in total. The van der Waals surface area contributed by atoms with E-state index in [1.54, 1.807) is 18.3 Å². The molecule has 2 aromatic heterocycles. The van der Waals surface area contributed by atoms with Crippen LogP contribution in [0.5, 0.6) is 5.75 Å². The number of carboxylic acid groups (broad SMARTS) is 1. The first-order chi connectivity index (χ1) is 18.5. The van der Waals surface area contributed by atoms with E-state index in [2.05, 4.69) is 25.1 Å². The standard InChI is InChI=1S/C26H26N8O4/c1-31-19-11-18(13-32-9-10-33-23(14-32)27-16-28-33)7-8-21(19)38-15-20(25(31)35)34-22(29-24(30-34)26(36)37)12-17-5-3-2-4-6-17/h2-8,11,16,20H,9-10,12-15H2,1H3,(H,36,37)/t20-/m0/s1. The number of hydrogen-bond acceptors (Lipinski definition) is 8. The van der Waals surface area contributed by atoms with Crippen molar-refractivity contribution in [3.05, 3.63) is 83.5 Å². The number of ether oxygens (including phenoxy) is 1. The lowest BCUT2D eigenvalue weighted by Gasteiger charge is -2.27. The average Bonchev–Trinajstić information content (AvgIpc) is 3.54. The number of hydrogen-bond donors (Lipinski definition) is 1. The van der Waals surface area contributed by atoms with Gasteiger partial charge in [-0.2, -0.15) is 5.10 Å². The molecule has 0 unspecified atom stereocenters. The van der Waals surface area contributed by atoms with Gasteiger partial charge in [0, 0.05) is 26.6 Å². The van der Waals surface area contributed by atoms with Crippen molar-refractivity contribution < 1.29 is 19.4 Å². The second-order valence-corrected chi connectivity index (χ2v) is 9.40. The van der Waals surface area contributed by atoms with Crippen molar-refractivity contribution in [2.75, 3.05) is 25.1 Å². The molecule has 2 aromatic carbocycles. The number of carboxylic acids is 1. The Labute approximate surface area is 218 Å². The number of anilines is 1. The first-order valence-corrected chi connectivity index (χ1v) is 12.3. The van der Waals surface area contributed by atoms with Crippen LogP contribution in [0.15, 0.2) is 54.9 Å². The molecule has 194 valence electrons. The van der Waals surface area contributed by atoms with Crippen molar-refractivity contribution in [1.82, 2.24) is 34.4 Å². The number of rotatable bonds is 6. The molecule has 12 heteroatoms. The highest BCUT2D eigenvalue weighted by Gasteiger charge is 2.34. The van der Waals surface area contributed by atoms with E-state index in [-0.39, 0.29) is 18.3 Å². The summed E-state index contributed by atoms with van der Waals surface area (Å²) in [5, 5.41) is 17.9. The number of fused-ring (bicyclic) bond motifs is 2. The van der Waals surface area contributed by atoms with Crippen molar-refractivity contribution in [2.45, 2.75) is 32.1 Å². The molecule has 1 amide bonds. The third-order valence-corrected chi connectivity index (χ3v) is 6.89. The summed E-state index contributed by atoms with van der Waals surface area (Å²) in [6.45, 7) is 3.03. The Hall–Kier alpha value is -4.58. The topological polar surface area (TPSA) is 132 Å². The lowest BCUT2D eigenvalue weighted by atomic mass is 10.1. The van der Waals surface area contributed by atoms with Crippen molar-refractivity contribution in [1.29, 1.82) is 0 Å². The summed E-state index contributed by atoms with van der Waals surface area (Å²) in [5.41, 5.74) is 2.62. The Morgan fingerprint density at radius 1 is 1.13 bits per heavy atom. The van der Waals surface area contributed by atoms with Crippen LogP contribution in [0.3, 0.4) is 0 Å². The molecule has 1 N–H and O–H groups in total. The predicted octanol–water partition coefficient (Wildman–Crippen LogP) is 1.77. The monoisotopic (exact) mass is 514 g/mol. The van der Waals surface area contributed by atoms with Crippen molar-refractivity contribution in [2.24, 2.45) is 0 Å². The number of amides is 1. The molecule has 0 saturated heterocycles. The largest absolute Gasteiger partial charge is 0.489 e. The maximum absolute atomic E-state index is 13.7. The summed E-state index contributed by atoms with van der Waals surface area (Å²) in [4.78, 5) is 37.7. The molecule has 0 bridgehead atoms. The van der Waals surface area contributed by atoms with Gasteiger partial charge >= 0.3 is 5.97 Å². The molecule has 1 atom stereocenters. The number of benzene rings is 2. The van der Waals surface area contributed by atoms with E-state index < -0.39 is 12.0 Å². The van der Waals surface area contributed by atoms with Gasteiger partial charge in [-0.3, -0.25) is 9.69 Å². The summed E-state index contributed by atoms with van der Waals surface area (Å²) < 4.78 is 9.39. The van der Waals surface area contributed by atoms with Gasteiger partial charge in [0.05, 0.1) is 18.8 Å². The fourth-order valence-corrected chi connectivity index (χ4v) is 4.90. The van der Waals surface area contributed by atoms with Crippen molar-refractivity contribution >= 4 is 17.6 Å². The molecule has 4 heterocycles. The van der Waals surface area contributed by atoms with E-state index in [0.29, 0.717) is 36.8 Å². The molecular formula is C26H26N8O4. The third kappa shape index (κ3) is 4.50. The molecule has 2 aliphatic heterocycles. The van der Waals surface area contributed by atoms with Gasteiger partial charge in [0.25, 0.3) is 11.7 Å². The minimum Gasteiger partial charge on any atom is -0.489 e. The summed E-state index contributed by atoms with van der Waals surface area (Å²) in [7, 11) is 1.70. The lowest BCUT2D eigenvalue weighted by molar-refractivity contribution is -0.122. The van der Waals surface area contributed by atoms with Crippen LogP contribution in [-0.2, 0) is 30.8 Å². The van der Waals surface area contributed by atoms with Crippen LogP contribution in [-0.4, -0.2) is 71.6 Å². The highest BCUT2D eigenvalue weighted by Crippen LogP contribution is 2.34. The summed E-state index contributed by atoms with van der Waals surface area (Å²) in [5.74, 6) is 0.0276. The van der Waals surface area contributed by atoms with E-state index in [1.165, 1.54) is 4.68 Å². The van der Waals surface area contributed by atoms with Crippen LogP contribution in [0, 0.1) is 0 Å². The SMILES string of the molecule is CN1C(=O)[C@@H](n2nc(C(=O)O)nc2Cc2ccccc2)COc2ccc(CN3CCn4ncnc4C3)cc21. The number of carbonyl (C=O) groups excluding carboxylic acids is 1. The van der Waals surface area contributed by atoms with Gasteiger partial charge in [-0.05, 0) is 23.3 Å². The summed E-state index contributed by atoms with van der Waals surface area (Å²) >= 11 is 0. The van der Waals surface area contributed by atoms with Gasteiger partial charge in [-0.1, -0.05) is 36.4 Å². The van der Waals surface area contributed by atoms with E-state index in [1.807, 2.05) is 53.2 Å². The number of nitrogens with zero attached hydrogens (tertiary/aromatic N) is 8. The zero-order chi connectivity index (χ0) is 26.2. The van der Waals surface area contributed by atoms with E-state index in [0.717, 1.165) is 30.0 Å². The zero-order valence-corrected chi connectivity index (χ0v) is 20.8. The lowest BCUT2D eigenvalue weighted by Crippen LogP contribution is -2.36. The number of carbonyl (C=O) groups is 2. The van der Waals surface area contributed by atoms with Crippen LogP contribution >= 0.6 is 0 Å². The van der Waals surface area contributed by atoms with E-state index in [4.69, 9.17) is 4.74 Å². The highest BCUT2D eigenvalue weighted by atomic mass is 16.5. The average molecular weight is 515 g/mol. The molecule has 0 aliphatic carbocycles. The van der Waals surface area contributed by atoms with Crippen molar-refractivity contribution in [3.8, 4) is 5.75 Å². The minimum absolute atomic E-state index is 0.00150. The van der Waals surface area contributed by atoms with Gasteiger partial charge in [-0.25, -0.2) is 24.1 Å².